The first kappa shape index (κ1) is 20.0. The van der Waals surface area contributed by atoms with Crippen molar-refractivity contribution in [2.75, 3.05) is 26.2 Å². The molecule has 0 unspecified atom stereocenters. The smallest absolute Gasteiger partial charge is 0.259 e. The Bertz CT molecular complexity index is 910. The van der Waals surface area contributed by atoms with E-state index in [1.165, 1.54) is 5.56 Å². The zero-order valence-electron chi connectivity index (χ0n) is 17.0. The molecule has 7 heteroatoms. The third-order valence-electron chi connectivity index (χ3n) is 6.07. The second-order valence-corrected chi connectivity index (χ2v) is 8.50. The first-order chi connectivity index (χ1) is 13.9. The van der Waals surface area contributed by atoms with Crippen molar-refractivity contribution >= 4 is 23.4 Å². The van der Waals surface area contributed by atoms with Crippen LogP contribution in [0.3, 0.4) is 0 Å². The van der Waals surface area contributed by atoms with E-state index in [1.54, 1.807) is 9.58 Å². The summed E-state index contributed by atoms with van der Waals surface area (Å²) in [5.41, 5.74) is 3.39. The highest BCUT2D eigenvalue weighted by Gasteiger charge is 2.33. The molecule has 0 N–H and O–H groups in total. The molecule has 1 aromatic carbocycles. The Morgan fingerprint density at radius 2 is 1.66 bits per heavy atom. The van der Waals surface area contributed by atoms with Crippen molar-refractivity contribution in [2.24, 2.45) is 5.92 Å². The van der Waals surface area contributed by atoms with Gasteiger partial charge in [0, 0.05) is 32.1 Å². The van der Waals surface area contributed by atoms with Crippen molar-refractivity contribution in [3.63, 3.8) is 0 Å². The van der Waals surface area contributed by atoms with Gasteiger partial charge in [0.05, 0.1) is 17.8 Å². The van der Waals surface area contributed by atoms with Crippen LogP contribution in [-0.4, -0.2) is 57.6 Å². The lowest BCUT2D eigenvalue weighted by Crippen LogP contribution is -2.52. The maximum atomic E-state index is 13.1. The molecular weight excluding hydrogens is 388 g/mol. The molecule has 2 heterocycles. The monoisotopic (exact) mass is 414 g/mol. The van der Waals surface area contributed by atoms with Crippen LogP contribution in [0, 0.1) is 19.8 Å². The molecule has 1 aliphatic carbocycles. The third-order valence-corrected chi connectivity index (χ3v) is 6.45. The molecule has 1 aromatic heterocycles. The summed E-state index contributed by atoms with van der Waals surface area (Å²) in [6, 6.07) is 8.19. The Kier molecular flexibility index (Phi) is 5.63. The number of aromatic nitrogens is 2. The van der Waals surface area contributed by atoms with E-state index in [0.717, 1.165) is 24.8 Å². The fourth-order valence-electron chi connectivity index (χ4n) is 3.97. The zero-order chi connectivity index (χ0) is 20.5. The van der Waals surface area contributed by atoms with E-state index in [0.29, 0.717) is 49.1 Å². The van der Waals surface area contributed by atoms with Crippen LogP contribution in [0.25, 0.3) is 0 Å². The van der Waals surface area contributed by atoms with Gasteiger partial charge in [-0.2, -0.15) is 5.10 Å². The number of hydrogen-bond acceptors (Lipinski definition) is 3. The number of carbonyl (C=O) groups is 2. The molecule has 1 saturated heterocycles. The average molecular weight is 415 g/mol. The summed E-state index contributed by atoms with van der Waals surface area (Å²) in [5.74, 6) is 0.357. The van der Waals surface area contributed by atoms with Crippen LogP contribution >= 0.6 is 11.6 Å². The van der Waals surface area contributed by atoms with Gasteiger partial charge < -0.3 is 9.80 Å². The fourth-order valence-corrected chi connectivity index (χ4v) is 4.28. The number of halogens is 1. The molecule has 0 bridgehead atoms. The van der Waals surface area contributed by atoms with Crippen LogP contribution in [0.1, 0.15) is 46.4 Å². The standard InChI is InChI=1S/C22H27ClN4O2/c1-15-6-8-17(9-7-15)14-27-20(23)19(16(2)24-27)22(29)26-12-10-25(11-13-26)21(28)18-4-3-5-18/h6-9,18H,3-5,10-14H2,1-2H3. The van der Waals surface area contributed by atoms with E-state index >= 15 is 0 Å². The zero-order valence-corrected chi connectivity index (χ0v) is 17.8. The van der Waals surface area contributed by atoms with E-state index in [2.05, 4.69) is 17.2 Å². The second kappa shape index (κ2) is 8.19. The second-order valence-electron chi connectivity index (χ2n) is 8.14. The molecule has 0 radical (unpaired) electrons. The maximum Gasteiger partial charge on any atom is 0.259 e. The Hall–Kier alpha value is -2.34. The number of rotatable bonds is 4. The van der Waals surface area contributed by atoms with Crippen molar-refractivity contribution in [1.29, 1.82) is 0 Å². The molecule has 29 heavy (non-hydrogen) atoms. The molecule has 2 aromatic rings. The maximum absolute atomic E-state index is 13.1. The Labute approximate surface area is 176 Å². The summed E-state index contributed by atoms with van der Waals surface area (Å²) in [7, 11) is 0. The summed E-state index contributed by atoms with van der Waals surface area (Å²) in [6.45, 7) is 6.65. The van der Waals surface area contributed by atoms with Crippen molar-refractivity contribution in [3.8, 4) is 0 Å². The van der Waals surface area contributed by atoms with Gasteiger partial charge >= 0.3 is 0 Å². The largest absolute Gasteiger partial charge is 0.339 e. The van der Waals surface area contributed by atoms with Gasteiger partial charge in [-0.05, 0) is 32.3 Å². The highest BCUT2D eigenvalue weighted by Crippen LogP contribution is 2.29. The van der Waals surface area contributed by atoms with Crippen molar-refractivity contribution in [3.05, 3.63) is 51.8 Å². The topological polar surface area (TPSA) is 58.4 Å². The van der Waals surface area contributed by atoms with Crippen molar-refractivity contribution in [1.82, 2.24) is 19.6 Å². The van der Waals surface area contributed by atoms with Crippen LogP contribution in [0.2, 0.25) is 5.15 Å². The summed E-state index contributed by atoms with van der Waals surface area (Å²) in [4.78, 5) is 29.2. The molecular formula is C22H27ClN4O2. The van der Waals surface area contributed by atoms with E-state index in [1.807, 2.05) is 30.9 Å². The number of hydrogen-bond donors (Lipinski definition) is 0. The molecule has 4 rings (SSSR count). The van der Waals surface area contributed by atoms with E-state index in [9.17, 15) is 9.59 Å². The molecule has 0 spiro atoms. The Balaban J connectivity index is 1.43. The molecule has 154 valence electrons. The number of carbonyl (C=O) groups excluding carboxylic acids is 2. The number of nitrogens with zero attached hydrogens (tertiary/aromatic N) is 4. The molecule has 1 aliphatic heterocycles. The lowest BCUT2D eigenvalue weighted by molar-refractivity contribution is -0.139. The minimum atomic E-state index is -0.0987. The van der Waals surface area contributed by atoms with E-state index in [-0.39, 0.29) is 17.7 Å². The first-order valence-corrected chi connectivity index (χ1v) is 10.7. The minimum Gasteiger partial charge on any atom is -0.339 e. The van der Waals surface area contributed by atoms with Crippen LogP contribution in [0.5, 0.6) is 0 Å². The molecule has 6 nitrogen and oxygen atoms in total. The summed E-state index contributed by atoms with van der Waals surface area (Å²) < 4.78 is 1.69. The quantitative estimate of drug-likeness (QED) is 0.771. The predicted octanol–water partition coefficient (Wildman–Crippen LogP) is 3.29. The van der Waals surface area contributed by atoms with Crippen molar-refractivity contribution < 1.29 is 9.59 Å². The summed E-state index contributed by atoms with van der Waals surface area (Å²) in [6.07, 6.45) is 3.17. The minimum absolute atomic E-state index is 0.0987. The third kappa shape index (κ3) is 4.04. The van der Waals surface area contributed by atoms with Gasteiger partial charge in [-0.15, -0.1) is 0 Å². The van der Waals surface area contributed by atoms with Gasteiger partial charge in [-0.25, -0.2) is 4.68 Å². The van der Waals surface area contributed by atoms with Crippen LogP contribution < -0.4 is 0 Å². The number of amides is 2. The normalized spacial score (nSPS) is 17.3. The van der Waals surface area contributed by atoms with E-state index in [4.69, 9.17) is 11.6 Å². The number of aryl methyl sites for hydroxylation is 2. The summed E-state index contributed by atoms with van der Waals surface area (Å²) in [5, 5.41) is 4.88. The van der Waals surface area contributed by atoms with Gasteiger partial charge in [0.1, 0.15) is 5.15 Å². The number of piperazine rings is 1. The lowest BCUT2D eigenvalue weighted by Gasteiger charge is -2.38. The SMILES string of the molecule is Cc1ccc(Cn2nc(C)c(C(=O)N3CCN(C(=O)C4CCC4)CC3)c2Cl)cc1. The molecule has 0 atom stereocenters. The average Bonchev–Trinajstić information content (AvgIpc) is 2.95. The van der Waals surface area contributed by atoms with Crippen LogP contribution in [0.4, 0.5) is 0 Å². The molecule has 1 saturated carbocycles. The van der Waals surface area contributed by atoms with Gasteiger partial charge in [-0.1, -0.05) is 47.9 Å². The van der Waals surface area contributed by atoms with Crippen LogP contribution in [0.15, 0.2) is 24.3 Å². The molecule has 2 amide bonds. The lowest BCUT2D eigenvalue weighted by atomic mass is 9.84. The first-order valence-electron chi connectivity index (χ1n) is 10.3. The fraction of sp³-hybridized carbons (Fsp3) is 0.500. The molecule has 2 aliphatic rings. The van der Waals surface area contributed by atoms with Crippen LogP contribution in [-0.2, 0) is 11.3 Å². The highest BCUT2D eigenvalue weighted by molar-refractivity contribution is 6.33. The van der Waals surface area contributed by atoms with E-state index < -0.39 is 0 Å². The predicted molar refractivity (Wildman–Crippen MR) is 112 cm³/mol. The van der Waals surface area contributed by atoms with Gasteiger partial charge in [0.2, 0.25) is 5.91 Å². The molecule has 2 fully saturated rings. The Morgan fingerprint density at radius 1 is 1.03 bits per heavy atom. The Morgan fingerprint density at radius 3 is 2.24 bits per heavy atom. The summed E-state index contributed by atoms with van der Waals surface area (Å²) >= 11 is 6.56. The highest BCUT2D eigenvalue weighted by atomic mass is 35.5. The number of benzene rings is 1. The van der Waals surface area contributed by atoms with Crippen molar-refractivity contribution in [2.45, 2.75) is 39.7 Å². The van der Waals surface area contributed by atoms with Gasteiger partial charge in [0.15, 0.2) is 0 Å². The van der Waals surface area contributed by atoms with Gasteiger partial charge in [-0.3, -0.25) is 9.59 Å². The van der Waals surface area contributed by atoms with Gasteiger partial charge in [0.25, 0.3) is 5.91 Å².